The average molecular weight is 397 g/mol. The minimum atomic E-state index is -3.59. The lowest BCUT2D eigenvalue weighted by Crippen LogP contribution is -2.51. The molecule has 150 valence electrons. The van der Waals surface area contributed by atoms with Crippen molar-refractivity contribution in [2.24, 2.45) is 11.7 Å². The van der Waals surface area contributed by atoms with E-state index in [0.29, 0.717) is 43.7 Å². The van der Waals surface area contributed by atoms with Crippen molar-refractivity contribution < 1.29 is 22.7 Å². The standard InChI is InChI=1S/C19H28N2O5S/c1-14-4-2-8-21(16(14)13-20)19(22)7-11-27(23,24)15-5-6-17-18(12-15)26-10-3-9-25-17/h5-6,12,14,16H,2-4,7-11,13,20H2,1H3/t14-,16-/m0/s1. The van der Waals surface area contributed by atoms with E-state index in [2.05, 4.69) is 6.92 Å². The van der Waals surface area contributed by atoms with Crippen LogP contribution in [0, 0.1) is 5.92 Å². The minimum Gasteiger partial charge on any atom is -0.490 e. The quantitative estimate of drug-likeness (QED) is 0.812. The predicted molar refractivity (Wildman–Crippen MR) is 102 cm³/mol. The molecule has 2 aliphatic heterocycles. The molecule has 1 amide bonds. The number of sulfone groups is 1. The molecule has 3 rings (SSSR count). The van der Waals surface area contributed by atoms with Gasteiger partial charge in [0, 0.05) is 38.0 Å². The first-order chi connectivity index (χ1) is 12.9. The number of ether oxygens (including phenoxy) is 2. The van der Waals surface area contributed by atoms with Crippen LogP contribution in [0.25, 0.3) is 0 Å². The van der Waals surface area contributed by atoms with Crippen molar-refractivity contribution in [1.82, 2.24) is 4.90 Å². The Bertz CT molecular complexity index is 780. The Morgan fingerprint density at radius 1 is 1.22 bits per heavy atom. The van der Waals surface area contributed by atoms with Gasteiger partial charge in [0.25, 0.3) is 0 Å². The number of rotatable bonds is 5. The molecule has 0 radical (unpaired) electrons. The maximum Gasteiger partial charge on any atom is 0.223 e. The van der Waals surface area contributed by atoms with Crippen molar-refractivity contribution in [3.05, 3.63) is 18.2 Å². The second-order valence-corrected chi connectivity index (χ2v) is 9.35. The summed E-state index contributed by atoms with van der Waals surface area (Å²) in [6.45, 7) is 4.18. The Morgan fingerprint density at radius 2 is 1.96 bits per heavy atom. The van der Waals surface area contributed by atoms with Gasteiger partial charge in [0.1, 0.15) is 0 Å². The van der Waals surface area contributed by atoms with Crippen LogP contribution in [0.5, 0.6) is 11.5 Å². The van der Waals surface area contributed by atoms with Crippen LogP contribution in [-0.4, -0.2) is 57.3 Å². The molecular weight excluding hydrogens is 368 g/mol. The lowest BCUT2D eigenvalue weighted by molar-refractivity contribution is -0.135. The third kappa shape index (κ3) is 4.55. The number of piperidine rings is 1. The molecule has 27 heavy (non-hydrogen) atoms. The molecule has 1 aromatic rings. The summed E-state index contributed by atoms with van der Waals surface area (Å²) < 4.78 is 36.5. The lowest BCUT2D eigenvalue weighted by atomic mass is 9.90. The van der Waals surface area contributed by atoms with Crippen LogP contribution in [-0.2, 0) is 14.6 Å². The van der Waals surface area contributed by atoms with Gasteiger partial charge in [-0.1, -0.05) is 6.92 Å². The number of nitrogens with zero attached hydrogens (tertiary/aromatic N) is 1. The van der Waals surface area contributed by atoms with Crippen molar-refractivity contribution in [2.75, 3.05) is 32.1 Å². The molecule has 0 aromatic heterocycles. The van der Waals surface area contributed by atoms with Crippen LogP contribution in [0.1, 0.15) is 32.6 Å². The summed E-state index contributed by atoms with van der Waals surface area (Å²) >= 11 is 0. The lowest BCUT2D eigenvalue weighted by Gasteiger charge is -2.39. The van der Waals surface area contributed by atoms with Crippen LogP contribution in [0.4, 0.5) is 0 Å². The minimum absolute atomic E-state index is 0.00741. The van der Waals surface area contributed by atoms with Crippen LogP contribution < -0.4 is 15.2 Å². The zero-order valence-electron chi connectivity index (χ0n) is 15.7. The fourth-order valence-electron chi connectivity index (χ4n) is 3.74. The second-order valence-electron chi connectivity index (χ2n) is 7.24. The van der Waals surface area contributed by atoms with E-state index in [-0.39, 0.29) is 29.0 Å². The maximum absolute atomic E-state index is 12.7. The number of fused-ring (bicyclic) bond motifs is 1. The molecule has 2 N–H and O–H groups in total. The number of nitrogens with two attached hydrogens (primary N) is 1. The SMILES string of the molecule is C[C@H]1CCCN(C(=O)CCS(=O)(=O)c2ccc3c(c2)OCCCO3)[C@H]1CN. The molecule has 2 aliphatic rings. The first kappa shape index (κ1) is 19.9. The normalized spacial score (nSPS) is 23.0. The molecule has 1 fully saturated rings. The fourth-order valence-corrected chi connectivity index (χ4v) is 4.98. The van der Waals surface area contributed by atoms with Crippen molar-refractivity contribution in [3.8, 4) is 11.5 Å². The van der Waals surface area contributed by atoms with Gasteiger partial charge < -0.3 is 20.1 Å². The molecule has 1 aromatic carbocycles. The highest BCUT2D eigenvalue weighted by molar-refractivity contribution is 7.91. The molecular formula is C19H28N2O5S. The van der Waals surface area contributed by atoms with Gasteiger partial charge in [0.2, 0.25) is 5.91 Å². The largest absolute Gasteiger partial charge is 0.490 e. The molecule has 8 heteroatoms. The fraction of sp³-hybridized carbons (Fsp3) is 0.632. The number of hydrogen-bond donors (Lipinski definition) is 1. The van der Waals surface area contributed by atoms with Crippen molar-refractivity contribution in [1.29, 1.82) is 0 Å². The van der Waals surface area contributed by atoms with Gasteiger partial charge in [-0.25, -0.2) is 8.42 Å². The number of likely N-dealkylation sites (tertiary alicyclic amines) is 1. The van der Waals surface area contributed by atoms with E-state index in [4.69, 9.17) is 15.2 Å². The van der Waals surface area contributed by atoms with E-state index in [1.165, 1.54) is 12.1 Å². The average Bonchev–Trinajstić information content (AvgIpc) is 2.90. The summed E-state index contributed by atoms with van der Waals surface area (Å²) in [6, 6.07) is 4.61. The molecule has 0 spiro atoms. The second kappa shape index (κ2) is 8.48. The first-order valence-corrected chi connectivity index (χ1v) is 11.2. The molecule has 2 atom stereocenters. The Kier molecular flexibility index (Phi) is 6.26. The maximum atomic E-state index is 12.7. The number of carbonyl (C=O) groups excluding carboxylic acids is 1. The Hall–Kier alpha value is -1.80. The Labute approximate surface area is 160 Å². The number of benzene rings is 1. The number of hydrogen-bond acceptors (Lipinski definition) is 6. The van der Waals surface area contributed by atoms with Crippen molar-refractivity contribution in [3.63, 3.8) is 0 Å². The van der Waals surface area contributed by atoms with E-state index in [9.17, 15) is 13.2 Å². The highest BCUT2D eigenvalue weighted by Crippen LogP contribution is 2.32. The van der Waals surface area contributed by atoms with Gasteiger partial charge in [-0.2, -0.15) is 0 Å². The molecule has 0 bridgehead atoms. The van der Waals surface area contributed by atoms with Gasteiger partial charge in [-0.15, -0.1) is 0 Å². The first-order valence-electron chi connectivity index (χ1n) is 9.54. The summed E-state index contributed by atoms with van der Waals surface area (Å²) in [5.41, 5.74) is 5.83. The monoisotopic (exact) mass is 396 g/mol. The zero-order valence-corrected chi connectivity index (χ0v) is 16.5. The molecule has 0 aliphatic carbocycles. The summed E-state index contributed by atoms with van der Waals surface area (Å²) in [5, 5.41) is 0. The molecule has 0 unspecified atom stereocenters. The summed E-state index contributed by atoms with van der Waals surface area (Å²) in [7, 11) is -3.59. The molecule has 0 saturated carbocycles. The third-order valence-corrected chi connectivity index (χ3v) is 7.05. The van der Waals surface area contributed by atoms with Gasteiger partial charge in [-0.3, -0.25) is 4.79 Å². The van der Waals surface area contributed by atoms with Crippen molar-refractivity contribution in [2.45, 2.75) is 43.5 Å². The van der Waals surface area contributed by atoms with Crippen LogP contribution >= 0.6 is 0 Å². The van der Waals surface area contributed by atoms with Gasteiger partial charge in [0.15, 0.2) is 21.3 Å². The van der Waals surface area contributed by atoms with Gasteiger partial charge in [0.05, 0.1) is 23.9 Å². The summed E-state index contributed by atoms with van der Waals surface area (Å²) in [5.74, 6) is 0.956. The van der Waals surface area contributed by atoms with Crippen LogP contribution in [0.2, 0.25) is 0 Å². The van der Waals surface area contributed by atoms with E-state index in [0.717, 1.165) is 19.3 Å². The van der Waals surface area contributed by atoms with E-state index in [1.807, 2.05) is 0 Å². The highest BCUT2D eigenvalue weighted by atomic mass is 32.2. The zero-order chi connectivity index (χ0) is 19.4. The Morgan fingerprint density at radius 3 is 2.70 bits per heavy atom. The topological polar surface area (TPSA) is 98.9 Å². The Balaban J connectivity index is 1.68. The highest BCUT2D eigenvalue weighted by Gasteiger charge is 2.31. The van der Waals surface area contributed by atoms with Gasteiger partial charge >= 0.3 is 0 Å². The van der Waals surface area contributed by atoms with Gasteiger partial charge in [-0.05, 0) is 30.9 Å². The van der Waals surface area contributed by atoms with E-state index in [1.54, 1.807) is 11.0 Å². The van der Waals surface area contributed by atoms with Crippen LogP contribution in [0.3, 0.4) is 0 Å². The van der Waals surface area contributed by atoms with E-state index < -0.39 is 9.84 Å². The number of carbonyl (C=O) groups is 1. The molecule has 1 saturated heterocycles. The predicted octanol–water partition coefficient (Wildman–Crippen LogP) is 1.60. The van der Waals surface area contributed by atoms with Crippen molar-refractivity contribution >= 4 is 15.7 Å². The number of amides is 1. The smallest absolute Gasteiger partial charge is 0.223 e. The third-order valence-electron chi connectivity index (χ3n) is 5.34. The summed E-state index contributed by atoms with van der Waals surface area (Å²) in [4.78, 5) is 14.5. The molecule has 7 nitrogen and oxygen atoms in total. The molecule has 2 heterocycles. The summed E-state index contributed by atoms with van der Waals surface area (Å²) in [6.07, 6.45) is 2.68. The van der Waals surface area contributed by atoms with Crippen LogP contribution in [0.15, 0.2) is 23.1 Å². The van der Waals surface area contributed by atoms with E-state index >= 15 is 0 Å².